The van der Waals surface area contributed by atoms with E-state index >= 15 is 0 Å². The quantitative estimate of drug-likeness (QED) is 0.278. The number of nitrogens with zero attached hydrogens (tertiary/aromatic N) is 2. The monoisotopic (exact) mass is 202 g/mol. The van der Waals surface area contributed by atoms with E-state index < -0.39 is 0 Å². The van der Waals surface area contributed by atoms with Crippen LogP contribution in [0.15, 0.2) is 41.2 Å². The Kier molecular flexibility index (Phi) is 1.58. The number of allylic oxidation sites excluding steroid dienone is 1. The smallest absolute Gasteiger partial charge is 0.249 e. The summed E-state index contributed by atoms with van der Waals surface area (Å²) in [5.74, 6) is 5.58. The van der Waals surface area contributed by atoms with Gasteiger partial charge in [0.2, 0.25) is 5.91 Å². The highest BCUT2D eigenvalue weighted by atomic mass is 16.2. The molecule has 5 heteroatoms. The Morgan fingerprint density at radius 1 is 1.53 bits per heavy atom. The zero-order valence-corrected chi connectivity index (χ0v) is 7.92. The maximum absolute atomic E-state index is 11.7. The molecule has 0 aromatic heterocycles. The number of hydrogen-bond acceptors (Lipinski definition) is 4. The molecular weight excluding hydrogens is 192 g/mol. The molecule has 0 spiro atoms. The van der Waals surface area contributed by atoms with Gasteiger partial charge < -0.3 is 5.32 Å². The molecule has 3 N–H and O–H groups in total. The van der Waals surface area contributed by atoms with Crippen LogP contribution in [0.2, 0.25) is 0 Å². The van der Waals surface area contributed by atoms with Crippen LogP contribution < -0.4 is 11.2 Å². The molecule has 0 fully saturated rings. The molecule has 1 aliphatic carbocycles. The molecule has 15 heavy (non-hydrogen) atoms. The second-order valence-corrected chi connectivity index (χ2v) is 3.66. The van der Waals surface area contributed by atoms with Gasteiger partial charge in [-0.15, -0.1) is 0 Å². The van der Waals surface area contributed by atoms with Crippen molar-refractivity contribution in [2.75, 3.05) is 0 Å². The van der Waals surface area contributed by atoms with Gasteiger partial charge >= 0.3 is 0 Å². The van der Waals surface area contributed by atoms with Crippen LogP contribution in [0.3, 0.4) is 0 Å². The first-order chi connectivity index (χ1) is 7.27. The van der Waals surface area contributed by atoms with Crippen LogP contribution in [0.1, 0.15) is 0 Å². The SMILES string of the molecule is NN(C(=O)C1C=C1)C1NC=CC2=NC=C21. The summed E-state index contributed by atoms with van der Waals surface area (Å²) in [5.41, 5.74) is 1.86. The van der Waals surface area contributed by atoms with Gasteiger partial charge in [0.05, 0.1) is 11.6 Å². The van der Waals surface area contributed by atoms with E-state index in [0.717, 1.165) is 11.3 Å². The van der Waals surface area contributed by atoms with Gasteiger partial charge in [0.15, 0.2) is 0 Å². The van der Waals surface area contributed by atoms with E-state index in [-0.39, 0.29) is 18.0 Å². The van der Waals surface area contributed by atoms with Gasteiger partial charge in [-0.3, -0.25) is 14.8 Å². The fourth-order valence-electron chi connectivity index (χ4n) is 1.62. The van der Waals surface area contributed by atoms with Crippen LogP contribution in [-0.2, 0) is 4.79 Å². The molecule has 2 heterocycles. The first-order valence-electron chi connectivity index (χ1n) is 4.74. The third-order valence-corrected chi connectivity index (χ3v) is 2.63. The van der Waals surface area contributed by atoms with Crippen molar-refractivity contribution in [2.45, 2.75) is 6.17 Å². The maximum Gasteiger partial charge on any atom is 0.249 e. The molecular formula is C10H10N4O. The van der Waals surface area contributed by atoms with Crippen molar-refractivity contribution < 1.29 is 4.79 Å². The van der Waals surface area contributed by atoms with Gasteiger partial charge in [0.1, 0.15) is 6.17 Å². The molecule has 0 saturated heterocycles. The summed E-state index contributed by atoms with van der Waals surface area (Å²) in [5, 5.41) is 4.27. The summed E-state index contributed by atoms with van der Waals surface area (Å²) in [6, 6.07) is 0. The van der Waals surface area contributed by atoms with Crippen LogP contribution in [0.25, 0.3) is 0 Å². The molecule has 3 aliphatic rings. The van der Waals surface area contributed by atoms with E-state index in [1.807, 2.05) is 18.2 Å². The van der Waals surface area contributed by atoms with E-state index in [2.05, 4.69) is 10.3 Å². The van der Waals surface area contributed by atoms with Gasteiger partial charge in [-0.05, 0) is 6.08 Å². The van der Waals surface area contributed by atoms with Crippen molar-refractivity contribution in [3.8, 4) is 0 Å². The van der Waals surface area contributed by atoms with Crippen molar-refractivity contribution in [2.24, 2.45) is 16.8 Å². The number of nitrogens with two attached hydrogens (primary N) is 1. The van der Waals surface area contributed by atoms with Gasteiger partial charge in [0.25, 0.3) is 0 Å². The number of nitrogens with one attached hydrogen (secondary N) is 1. The van der Waals surface area contributed by atoms with E-state index in [9.17, 15) is 4.79 Å². The predicted octanol–water partition coefficient (Wildman–Crippen LogP) is -0.344. The van der Waals surface area contributed by atoms with Crippen LogP contribution in [-0.4, -0.2) is 22.8 Å². The Balaban J connectivity index is 1.76. The van der Waals surface area contributed by atoms with Gasteiger partial charge in [-0.1, -0.05) is 12.2 Å². The second-order valence-electron chi connectivity index (χ2n) is 3.66. The molecule has 3 rings (SSSR count). The predicted molar refractivity (Wildman–Crippen MR) is 55.2 cm³/mol. The van der Waals surface area contributed by atoms with Crippen LogP contribution in [0.5, 0.6) is 0 Å². The average Bonchev–Trinajstić information content (AvgIpc) is 3.00. The summed E-state index contributed by atoms with van der Waals surface area (Å²) in [6.07, 6.45) is 8.71. The zero-order valence-electron chi connectivity index (χ0n) is 7.92. The van der Waals surface area contributed by atoms with Crippen molar-refractivity contribution in [3.63, 3.8) is 0 Å². The molecule has 5 nitrogen and oxygen atoms in total. The molecule has 0 aromatic carbocycles. The normalized spacial score (nSPS) is 25.8. The Morgan fingerprint density at radius 3 is 2.93 bits per heavy atom. The largest absolute Gasteiger partial charge is 0.366 e. The number of carbonyl (C=O) groups excluding carboxylic acids is 1. The molecule has 2 aliphatic heterocycles. The fraction of sp³-hybridized carbons (Fsp3) is 0.200. The molecule has 1 unspecified atom stereocenters. The van der Waals surface area contributed by atoms with Crippen molar-refractivity contribution >= 4 is 11.6 Å². The highest BCUT2D eigenvalue weighted by Crippen LogP contribution is 2.24. The topological polar surface area (TPSA) is 70.7 Å². The lowest BCUT2D eigenvalue weighted by Crippen LogP contribution is -2.56. The van der Waals surface area contributed by atoms with Gasteiger partial charge in [0, 0.05) is 18.0 Å². The third-order valence-electron chi connectivity index (χ3n) is 2.63. The zero-order chi connectivity index (χ0) is 10.4. The molecule has 0 aromatic rings. The number of aliphatic imine (C=N–C) groups is 1. The Bertz CT molecular complexity index is 440. The minimum Gasteiger partial charge on any atom is -0.366 e. The minimum atomic E-state index is -0.280. The number of rotatable bonds is 2. The highest BCUT2D eigenvalue weighted by Gasteiger charge is 2.34. The first kappa shape index (κ1) is 8.43. The number of carbonyl (C=O) groups is 1. The fourth-order valence-corrected chi connectivity index (χ4v) is 1.62. The number of fused-ring (bicyclic) bond motifs is 1. The molecule has 0 radical (unpaired) electrons. The third kappa shape index (κ3) is 1.20. The minimum absolute atomic E-state index is 0.0880. The number of hydrogen-bond donors (Lipinski definition) is 2. The highest BCUT2D eigenvalue weighted by molar-refractivity contribution is 6.14. The van der Waals surface area contributed by atoms with Crippen LogP contribution >= 0.6 is 0 Å². The molecule has 76 valence electrons. The van der Waals surface area contributed by atoms with Gasteiger partial charge in [-0.25, -0.2) is 5.84 Å². The van der Waals surface area contributed by atoms with Crippen molar-refractivity contribution in [3.05, 3.63) is 36.2 Å². The Hall–Kier alpha value is -1.88. The maximum atomic E-state index is 11.7. The summed E-state index contributed by atoms with van der Waals surface area (Å²) in [4.78, 5) is 15.8. The summed E-state index contributed by atoms with van der Waals surface area (Å²) in [7, 11) is 0. The number of hydrazine groups is 1. The number of amides is 1. The average molecular weight is 202 g/mol. The Morgan fingerprint density at radius 2 is 2.33 bits per heavy atom. The van der Waals surface area contributed by atoms with Gasteiger partial charge in [-0.2, -0.15) is 0 Å². The van der Waals surface area contributed by atoms with E-state index in [1.54, 1.807) is 12.4 Å². The van der Waals surface area contributed by atoms with E-state index in [0.29, 0.717) is 0 Å². The standard InChI is InChI=1S/C10H10N4O/c11-14(10(15)6-1-2-6)9-7-5-13-8(7)3-4-12-9/h1-6,9,12H,11H2. The summed E-state index contributed by atoms with van der Waals surface area (Å²) in [6.45, 7) is 0. The second kappa shape index (κ2) is 2.80. The first-order valence-corrected chi connectivity index (χ1v) is 4.74. The van der Waals surface area contributed by atoms with Crippen molar-refractivity contribution in [1.29, 1.82) is 0 Å². The Labute approximate surface area is 86.6 Å². The van der Waals surface area contributed by atoms with Crippen LogP contribution in [0.4, 0.5) is 0 Å². The lowest BCUT2D eigenvalue weighted by molar-refractivity contribution is -0.134. The molecule has 1 atom stereocenters. The van der Waals surface area contributed by atoms with Crippen molar-refractivity contribution in [1.82, 2.24) is 10.3 Å². The molecule has 1 amide bonds. The molecule has 0 bridgehead atoms. The summed E-state index contributed by atoms with van der Waals surface area (Å²) < 4.78 is 0. The van der Waals surface area contributed by atoms with E-state index in [4.69, 9.17) is 5.84 Å². The lowest BCUT2D eigenvalue weighted by atomic mass is 10.0. The van der Waals surface area contributed by atoms with E-state index in [1.165, 1.54) is 5.01 Å². The lowest BCUT2D eigenvalue weighted by Gasteiger charge is -2.34. The summed E-state index contributed by atoms with van der Waals surface area (Å²) >= 11 is 0. The van der Waals surface area contributed by atoms with Crippen LogP contribution in [0, 0.1) is 5.92 Å². The molecule has 0 saturated carbocycles.